The van der Waals surface area contributed by atoms with E-state index in [1.54, 1.807) is 0 Å². The maximum absolute atomic E-state index is 9.75. The number of aliphatic hydroxyl groups excluding tert-OH is 1. The lowest BCUT2D eigenvalue weighted by Crippen LogP contribution is -2.46. The van der Waals surface area contributed by atoms with Crippen LogP contribution in [0.5, 0.6) is 0 Å². The van der Waals surface area contributed by atoms with Crippen LogP contribution >= 0.6 is 0 Å². The monoisotopic (exact) mass is 197 g/mol. The molecule has 1 radical (unpaired) electrons. The molecule has 3 heteroatoms. The summed E-state index contributed by atoms with van der Waals surface area (Å²) in [7, 11) is 1.89. The summed E-state index contributed by atoms with van der Waals surface area (Å²) >= 11 is 0. The summed E-state index contributed by atoms with van der Waals surface area (Å²) in [5.74, 6) is 0. The van der Waals surface area contributed by atoms with Gasteiger partial charge in [-0.25, -0.2) is 0 Å². The minimum atomic E-state index is -0.207. The van der Waals surface area contributed by atoms with Crippen molar-refractivity contribution in [1.29, 1.82) is 0 Å². The van der Waals surface area contributed by atoms with Crippen LogP contribution in [-0.4, -0.2) is 48.3 Å². The van der Waals surface area contributed by atoms with E-state index in [1.165, 1.54) is 25.7 Å². The molecule has 2 heterocycles. The average molecular weight is 197 g/mol. The fraction of sp³-hybridized carbons (Fsp3) is 0.909. The first-order chi connectivity index (χ1) is 6.81. The molecule has 3 nitrogen and oxygen atoms in total. The predicted molar refractivity (Wildman–Crippen MR) is 57.0 cm³/mol. The number of aliphatic hydroxyl groups is 1. The first-order valence-electron chi connectivity index (χ1n) is 5.71. The molecule has 0 aromatic rings. The van der Waals surface area contributed by atoms with Gasteiger partial charge in [-0.3, -0.25) is 4.90 Å². The Labute approximate surface area is 86.5 Å². The van der Waals surface area contributed by atoms with Gasteiger partial charge in [-0.1, -0.05) is 0 Å². The van der Waals surface area contributed by atoms with Crippen LogP contribution < -0.4 is 5.32 Å². The van der Waals surface area contributed by atoms with Crippen molar-refractivity contribution >= 4 is 0 Å². The van der Waals surface area contributed by atoms with Gasteiger partial charge in [-0.15, -0.1) is 0 Å². The SMILES string of the molecule is CNCC(O)CN1[C@@H]2C[CH]C[C@H]1CC2. The van der Waals surface area contributed by atoms with E-state index in [2.05, 4.69) is 16.6 Å². The molecule has 81 valence electrons. The second kappa shape index (κ2) is 4.60. The Morgan fingerprint density at radius 3 is 2.64 bits per heavy atom. The zero-order valence-electron chi connectivity index (χ0n) is 8.95. The molecule has 2 fully saturated rings. The van der Waals surface area contributed by atoms with Crippen LogP contribution in [0.2, 0.25) is 0 Å². The molecule has 2 bridgehead atoms. The van der Waals surface area contributed by atoms with Crippen molar-refractivity contribution in [2.75, 3.05) is 20.1 Å². The molecule has 3 atom stereocenters. The lowest BCUT2D eigenvalue weighted by Gasteiger charge is -2.35. The van der Waals surface area contributed by atoms with Crippen LogP contribution in [0.4, 0.5) is 0 Å². The normalized spacial score (nSPS) is 34.7. The van der Waals surface area contributed by atoms with E-state index < -0.39 is 0 Å². The molecule has 0 aromatic carbocycles. The minimum absolute atomic E-state index is 0.207. The van der Waals surface area contributed by atoms with Gasteiger partial charge in [0.15, 0.2) is 0 Å². The van der Waals surface area contributed by atoms with E-state index in [4.69, 9.17) is 0 Å². The van der Waals surface area contributed by atoms with Gasteiger partial charge < -0.3 is 10.4 Å². The maximum atomic E-state index is 9.75. The van der Waals surface area contributed by atoms with E-state index in [1.807, 2.05) is 7.05 Å². The van der Waals surface area contributed by atoms with Crippen LogP contribution in [0.3, 0.4) is 0 Å². The number of rotatable bonds is 4. The zero-order valence-corrected chi connectivity index (χ0v) is 8.95. The summed E-state index contributed by atoms with van der Waals surface area (Å²) in [6, 6.07) is 1.44. The minimum Gasteiger partial charge on any atom is -0.390 e. The summed E-state index contributed by atoms with van der Waals surface area (Å²) in [5, 5.41) is 12.8. The Bertz CT molecular complexity index is 170. The Hall–Kier alpha value is -0.120. The van der Waals surface area contributed by atoms with Gasteiger partial charge in [0, 0.05) is 25.2 Å². The summed E-state index contributed by atoms with van der Waals surface area (Å²) < 4.78 is 0. The molecule has 2 N–H and O–H groups in total. The molecule has 1 unspecified atom stereocenters. The zero-order chi connectivity index (χ0) is 9.97. The Morgan fingerprint density at radius 2 is 2.07 bits per heavy atom. The fourth-order valence-electron chi connectivity index (χ4n) is 2.84. The van der Waals surface area contributed by atoms with Gasteiger partial charge in [-0.05, 0) is 39.2 Å². The third kappa shape index (κ3) is 2.10. The highest BCUT2D eigenvalue weighted by Crippen LogP contribution is 2.34. The summed E-state index contributed by atoms with van der Waals surface area (Å²) in [4.78, 5) is 2.52. The predicted octanol–water partition coefficient (Wildman–Crippen LogP) is 0.398. The number of hydrogen-bond donors (Lipinski definition) is 2. The number of hydrogen-bond acceptors (Lipinski definition) is 3. The number of likely N-dealkylation sites (N-methyl/N-ethyl adjacent to an activating group) is 1. The highest BCUT2D eigenvalue weighted by atomic mass is 16.3. The Balaban J connectivity index is 1.85. The first-order valence-corrected chi connectivity index (χ1v) is 5.71. The number of nitrogens with one attached hydrogen (secondary N) is 1. The largest absolute Gasteiger partial charge is 0.390 e. The van der Waals surface area contributed by atoms with Gasteiger partial charge in [0.25, 0.3) is 0 Å². The highest BCUT2D eigenvalue weighted by Gasteiger charge is 2.36. The molecule has 0 saturated carbocycles. The van der Waals surface area contributed by atoms with Gasteiger partial charge in [0.05, 0.1) is 6.10 Å². The van der Waals surface area contributed by atoms with E-state index in [0.717, 1.165) is 18.6 Å². The third-order valence-electron chi connectivity index (χ3n) is 3.51. The summed E-state index contributed by atoms with van der Waals surface area (Å²) in [6.45, 7) is 1.56. The molecule has 2 aliphatic heterocycles. The molecule has 14 heavy (non-hydrogen) atoms. The number of nitrogens with zero attached hydrogens (tertiary/aromatic N) is 1. The average Bonchev–Trinajstić information content (AvgIpc) is 2.41. The molecule has 0 aliphatic carbocycles. The second-order valence-corrected chi connectivity index (χ2v) is 4.55. The van der Waals surface area contributed by atoms with E-state index >= 15 is 0 Å². The first kappa shape index (κ1) is 10.4. The molecular weight excluding hydrogens is 176 g/mol. The Morgan fingerprint density at radius 1 is 1.43 bits per heavy atom. The standard InChI is InChI=1S/C11H21N2O/c1-12-7-11(14)8-13-9-3-2-4-10(13)6-5-9/h2,9-12,14H,3-8H2,1H3/t9-,10+,11?. The van der Waals surface area contributed by atoms with Crippen molar-refractivity contribution in [3.63, 3.8) is 0 Å². The van der Waals surface area contributed by atoms with Crippen molar-refractivity contribution in [2.24, 2.45) is 0 Å². The molecule has 0 aromatic heterocycles. The molecule has 0 spiro atoms. The van der Waals surface area contributed by atoms with Crippen molar-refractivity contribution in [3.8, 4) is 0 Å². The lowest BCUT2D eigenvalue weighted by atomic mass is 10.0. The summed E-state index contributed by atoms with van der Waals surface area (Å²) in [5.41, 5.74) is 0. The molecule has 0 amide bonds. The van der Waals surface area contributed by atoms with Crippen LogP contribution in [0.1, 0.15) is 25.7 Å². The lowest BCUT2D eigenvalue weighted by molar-refractivity contribution is 0.0731. The smallest absolute Gasteiger partial charge is 0.0791 e. The van der Waals surface area contributed by atoms with E-state index in [0.29, 0.717) is 6.54 Å². The van der Waals surface area contributed by atoms with E-state index in [9.17, 15) is 5.11 Å². The number of fused-ring (bicyclic) bond motifs is 2. The summed E-state index contributed by atoms with van der Waals surface area (Å²) in [6.07, 6.45) is 7.32. The van der Waals surface area contributed by atoms with Crippen molar-refractivity contribution < 1.29 is 5.11 Å². The van der Waals surface area contributed by atoms with Crippen LogP contribution in [-0.2, 0) is 0 Å². The highest BCUT2D eigenvalue weighted by molar-refractivity contribution is 4.98. The van der Waals surface area contributed by atoms with E-state index in [-0.39, 0.29) is 6.10 Å². The molecular formula is C11H21N2O. The topological polar surface area (TPSA) is 35.5 Å². The van der Waals surface area contributed by atoms with Gasteiger partial charge >= 0.3 is 0 Å². The molecule has 2 aliphatic rings. The van der Waals surface area contributed by atoms with Crippen molar-refractivity contribution in [2.45, 2.75) is 43.9 Å². The van der Waals surface area contributed by atoms with Crippen LogP contribution in [0.15, 0.2) is 0 Å². The third-order valence-corrected chi connectivity index (χ3v) is 3.51. The van der Waals surface area contributed by atoms with Gasteiger partial charge in [-0.2, -0.15) is 0 Å². The maximum Gasteiger partial charge on any atom is 0.0791 e. The second-order valence-electron chi connectivity index (χ2n) is 4.55. The van der Waals surface area contributed by atoms with Gasteiger partial charge in [0.2, 0.25) is 0 Å². The van der Waals surface area contributed by atoms with Crippen molar-refractivity contribution in [1.82, 2.24) is 10.2 Å². The quantitative estimate of drug-likeness (QED) is 0.685. The Kier molecular flexibility index (Phi) is 3.42. The van der Waals surface area contributed by atoms with Crippen LogP contribution in [0.25, 0.3) is 0 Å². The van der Waals surface area contributed by atoms with Crippen molar-refractivity contribution in [3.05, 3.63) is 6.42 Å². The van der Waals surface area contributed by atoms with Gasteiger partial charge in [0.1, 0.15) is 0 Å². The molecule has 2 saturated heterocycles. The number of piperidine rings is 1. The molecule has 2 rings (SSSR count). The fourth-order valence-corrected chi connectivity index (χ4v) is 2.84. The van der Waals surface area contributed by atoms with Crippen LogP contribution in [0, 0.1) is 6.42 Å².